The zero-order valence-corrected chi connectivity index (χ0v) is 11.8. The maximum atomic E-state index is 12.2. The molecule has 0 saturated carbocycles. The van der Waals surface area contributed by atoms with Gasteiger partial charge in [0.1, 0.15) is 0 Å². The molecule has 0 saturated heterocycles. The molecule has 0 aliphatic carbocycles. The van der Waals surface area contributed by atoms with Gasteiger partial charge in [-0.25, -0.2) is 0 Å². The summed E-state index contributed by atoms with van der Waals surface area (Å²) >= 11 is 0. The fraction of sp³-hybridized carbons (Fsp3) is 0.176. The number of nitrogens with one attached hydrogen (secondary N) is 1. The van der Waals surface area contributed by atoms with Crippen LogP contribution in [-0.2, 0) is 17.8 Å². The van der Waals surface area contributed by atoms with Crippen LogP contribution in [0, 0.1) is 0 Å². The molecule has 0 radical (unpaired) electrons. The molecule has 0 fully saturated rings. The molecule has 2 aromatic rings. The van der Waals surface area contributed by atoms with Crippen LogP contribution < -0.4 is 10.2 Å². The molecule has 4 nitrogen and oxygen atoms in total. The molecule has 2 aromatic carbocycles. The van der Waals surface area contributed by atoms with E-state index in [1.165, 1.54) is 0 Å². The fourth-order valence-electron chi connectivity index (χ4n) is 2.49. The van der Waals surface area contributed by atoms with Crippen LogP contribution >= 0.6 is 0 Å². The van der Waals surface area contributed by atoms with Crippen LogP contribution in [0.25, 0.3) is 0 Å². The molecule has 3 rings (SSSR count). The van der Waals surface area contributed by atoms with E-state index in [9.17, 15) is 9.59 Å². The number of hydrogen-bond acceptors (Lipinski definition) is 2. The number of carbonyl (C=O) groups is 2. The molecule has 0 unspecified atom stereocenters. The van der Waals surface area contributed by atoms with Crippen molar-refractivity contribution in [3.05, 3.63) is 65.2 Å². The second kappa shape index (κ2) is 5.40. The van der Waals surface area contributed by atoms with E-state index in [-0.39, 0.29) is 11.8 Å². The topological polar surface area (TPSA) is 49.4 Å². The Bertz CT molecular complexity index is 695. The Labute approximate surface area is 123 Å². The SMILES string of the molecule is CN1C(=O)Cc2cc(C(=O)NCc3ccccc3)ccc21. The van der Waals surface area contributed by atoms with Gasteiger partial charge in [0.15, 0.2) is 0 Å². The van der Waals surface area contributed by atoms with Gasteiger partial charge in [0, 0.05) is 24.8 Å². The molecular weight excluding hydrogens is 264 g/mol. The zero-order chi connectivity index (χ0) is 14.8. The summed E-state index contributed by atoms with van der Waals surface area (Å²) in [5, 5.41) is 2.89. The maximum absolute atomic E-state index is 12.2. The highest BCUT2D eigenvalue weighted by Gasteiger charge is 2.24. The third-order valence-corrected chi connectivity index (χ3v) is 3.71. The summed E-state index contributed by atoms with van der Waals surface area (Å²) < 4.78 is 0. The molecule has 106 valence electrons. The number of anilines is 1. The summed E-state index contributed by atoms with van der Waals surface area (Å²) in [5.74, 6) is -0.0597. The van der Waals surface area contributed by atoms with E-state index >= 15 is 0 Å². The lowest BCUT2D eigenvalue weighted by atomic mass is 10.1. The van der Waals surface area contributed by atoms with Crippen LogP contribution in [0.1, 0.15) is 21.5 Å². The highest BCUT2D eigenvalue weighted by molar-refractivity contribution is 6.03. The Morgan fingerprint density at radius 2 is 1.95 bits per heavy atom. The van der Waals surface area contributed by atoms with Gasteiger partial charge in [-0.05, 0) is 29.3 Å². The average Bonchev–Trinajstić information content (AvgIpc) is 2.80. The lowest BCUT2D eigenvalue weighted by Crippen LogP contribution is -2.23. The van der Waals surface area contributed by atoms with E-state index in [4.69, 9.17) is 0 Å². The van der Waals surface area contributed by atoms with Crippen molar-refractivity contribution >= 4 is 17.5 Å². The standard InChI is InChI=1S/C17H16N2O2/c1-19-15-8-7-13(9-14(15)10-16(19)20)17(21)18-11-12-5-3-2-4-6-12/h2-9H,10-11H2,1H3,(H,18,21). The van der Waals surface area contributed by atoms with Gasteiger partial charge in [0.05, 0.1) is 6.42 Å². The van der Waals surface area contributed by atoms with Crippen molar-refractivity contribution in [2.24, 2.45) is 0 Å². The lowest BCUT2D eigenvalue weighted by molar-refractivity contribution is -0.117. The Morgan fingerprint density at radius 3 is 2.71 bits per heavy atom. The van der Waals surface area contributed by atoms with Crippen LogP contribution in [0.15, 0.2) is 48.5 Å². The number of rotatable bonds is 3. The fourth-order valence-corrected chi connectivity index (χ4v) is 2.49. The Balaban J connectivity index is 1.72. The Morgan fingerprint density at radius 1 is 1.19 bits per heavy atom. The number of nitrogens with zero attached hydrogens (tertiary/aromatic N) is 1. The summed E-state index contributed by atoms with van der Waals surface area (Å²) in [4.78, 5) is 25.4. The van der Waals surface area contributed by atoms with E-state index in [0.29, 0.717) is 18.5 Å². The molecule has 0 bridgehead atoms. The molecule has 1 aliphatic rings. The minimum absolute atomic E-state index is 0.0619. The van der Waals surface area contributed by atoms with Crippen molar-refractivity contribution in [1.29, 1.82) is 0 Å². The number of amides is 2. The normalized spacial score (nSPS) is 13.2. The van der Waals surface area contributed by atoms with Crippen molar-refractivity contribution in [3.8, 4) is 0 Å². The number of fused-ring (bicyclic) bond motifs is 1. The van der Waals surface area contributed by atoms with Crippen molar-refractivity contribution in [3.63, 3.8) is 0 Å². The minimum atomic E-state index is -0.122. The van der Waals surface area contributed by atoms with Crippen LogP contribution in [-0.4, -0.2) is 18.9 Å². The Kier molecular flexibility index (Phi) is 3.44. The van der Waals surface area contributed by atoms with Gasteiger partial charge in [-0.2, -0.15) is 0 Å². The van der Waals surface area contributed by atoms with Crippen molar-refractivity contribution < 1.29 is 9.59 Å². The third-order valence-electron chi connectivity index (χ3n) is 3.71. The van der Waals surface area contributed by atoms with Gasteiger partial charge in [-0.1, -0.05) is 30.3 Å². The summed E-state index contributed by atoms with van der Waals surface area (Å²) in [5.41, 5.74) is 3.45. The van der Waals surface area contributed by atoms with E-state index in [2.05, 4.69) is 5.32 Å². The number of carbonyl (C=O) groups excluding carboxylic acids is 2. The third kappa shape index (κ3) is 2.65. The molecule has 1 N–H and O–H groups in total. The van der Waals surface area contributed by atoms with Gasteiger partial charge < -0.3 is 10.2 Å². The molecule has 21 heavy (non-hydrogen) atoms. The summed E-state index contributed by atoms with van der Waals surface area (Å²) in [6.45, 7) is 0.496. The van der Waals surface area contributed by atoms with Gasteiger partial charge in [0.2, 0.25) is 5.91 Å². The number of hydrogen-bond donors (Lipinski definition) is 1. The quantitative estimate of drug-likeness (QED) is 0.936. The van der Waals surface area contributed by atoms with Crippen LogP contribution in [0.5, 0.6) is 0 Å². The molecule has 0 aromatic heterocycles. The predicted molar refractivity (Wildman–Crippen MR) is 81.2 cm³/mol. The van der Waals surface area contributed by atoms with Crippen LogP contribution in [0.3, 0.4) is 0 Å². The zero-order valence-electron chi connectivity index (χ0n) is 11.8. The number of likely N-dealkylation sites (N-methyl/N-ethyl adjacent to an activating group) is 1. The van der Waals surface area contributed by atoms with Gasteiger partial charge >= 0.3 is 0 Å². The smallest absolute Gasteiger partial charge is 0.251 e. The molecule has 1 heterocycles. The van der Waals surface area contributed by atoms with Crippen LogP contribution in [0.2, 0.25) is 0 Å². The average molecular weight is 280 g/mol. The molecule has 0 atom stereocenters. The summed E-state index contributed by atoms with van der Waals surface area (Å²) in [6, 6.07) is 15.2. The molecule has 2 amide bonds. The monoisotopic (exact) mass is 280 g/mol. The maximum Gasteiger partial charge on any atom is 0.251 e. The first kappa shape index (κ1) is 13.4. The first-order valence-corrected chi connectivity index (χ1v) is 6.87. The van der Waals surface area contributed by atoms with Gasteiger partial charge in [-0.15, -0.1) is 0 Å². The summed E-state index contributed by atoms with van der Waals surface area (Å²) in [7, 11) is 1.75. The number of benzene rings is 2. The minimum Gasteiger partial charge on any atom is -0.348 e. The summed E-state index contributed by atoms with van der Waals surface area (Å²) in [6.07, 6.45) is 0.367. The van der Waals surface area contributed by atoms with Gasteiger partial charge in [0.25, 0.3) is 5.91 Å². The second-order valence-corrected chi connectivity index (χ2v) is 5.14. The van der Waals surface area contributed by atoms with Crippen molar-refractivity contribution in [2.45, 2.75) is 13.0 Å². The first-order chi connectivity index (χ1) is 10.1. The van der Waals surface area contributed by atoms with Gasteiger partial charge in [-0.3, -0.25) is 9.59 Å². The highest BCUT2D eigenvalue weighted by Crippen LogP contribution is 2.28. The Hall–Kier alpha value is -2.62. The van der Waals surface area contributed by atoms with Crippen LogP contribution in [0.4, 0.5) is 5.69 Å². The van der Waals surface area contributed by atoms with E-state index in [0.717, 1.165) is 16.8 Å². The van der Waals surface area contributed by atoms with E-state index in [1.807, 2.05) is 36.4 Å². The highest BCUT2D eigenvalue weighted by atomic mass is 16.2. The molecule has 4 heteroatoms. The van der Waals surface area contributed by atoms with Crippen molar-refractivity contribution in [2.75, 3.05) is 11.9 Å². The molecule has 1 aliphatic heterocycles. The lowest BCUT2D eigenvalue weighted by Gasteiger charge is -2.10. The van der Waals surface area contributed by atoms with Crippen molar-refractivity contribution in [1.82, 2.24) is 5.32 Å². The molecular formula is C17H16N2O2. The molecule has 0 spiro atoms. The predicted octanol–water partition coefficient (Wildman–Crippen LogP) is 2.14. The largest absolute Gasteiger partial charge is 0.348 e. The van der Waals surface area contributed by atoms with E-state index in [1.54, 1.807) is 24.1 Å². The first-order valence-electron chi connectivity index (χ1n) is 6.87. The van der Waals surface area contributed by atoms with E-state index < -0.39 is 0 Å². The second-order valence-electron chi connectivity index (χ2n) is 5.14.